The van der Waals surface area contributed by atoms with E-state index in [1.807, 2.05) is 61.5 Å². The number of hydrogen-bond acceptors (Lipinski definition) is 2. The summed E-state index contributed by atoms with van der Waals surface area (Å²) < 4.78 is 0.998. The molecule has 1 N–H and O–H groups in total. The van der Waals surface area contributed by atoms with Crippen LogP contribution in [0.1, 0.15) is 56.6 Å². The Morgan fingerprint density at radius 1 is 1.03 bits per heavy atom. The van der Waals surface area contributed by atoms with Crippen molar-refractivity contribution < 1.29 is 9.59 Å². The van der Waals surface area contributed by atoms with Crippen molar-refractivity contribution in [1.29, 1.82) is 0 Å². The van der Waals surface area contributed by atoms with Crippen molar-refractivity contribution in [2.75, 3.05) is 0 Å². The lowest BCUT2D eigenvalue weighted by Gasteiger charge is -2.32. The summed E-state index contributed by atoms with van der Waals surface area (Å²) in [5, 5.41) is 3.23. The molecule has 1 aliphatic carbocycles. The maximum Gasteiger partial charge on any atom is 0.243 e. The van der Waals surface area contributed by atoms with E-state index in [2.05, 4.69) is 21.2 Å². The van der Waals surface area contributed by atoms with E-state index in [0.29, 0.717) is 19.4 Å². The minimum Gasteiger partial charge on any atom is -0.352 e. The van der Waals surface area contributed by atoms with Gasteiger partial charge in [-0.3, -0.25) is 9.59 Å². The third-order valence-electron chi connectivity index (χ3n) is 5.70. The molecule has 160 valence electrons. The first-order valence-electron chi connectivity index (χ1n) is 10.9. The van der Waals surface area contributed by atoms with Crippen LogP contribution in [-0.4, -0.2) is 28.8 Å². The number of rotatable bonds is 9. The van der Waals surface area contributed by atoms with Crippen LogP contribution in [0.5, 0.6) is 0 Å². The van der Waals surface area contributed by atoms with Gasteiger partial charge < -0.3 is 10.2 Å². The molecule has 0 saturated heterocycles. The van der Waals surface area contributed by atoms with E-state index in [0.717, 1.165) is 47.7 Å². The minimum absolute atomic E-state index is 0.0305. The van der Waals surface area contributed by atoms with Crippen LogP contribution in [0, 0.1) is 0 Å². The van der Waals surface area contributed by atoms with Crippen LogP contribution in [0.4, 0.5) is 0 Å². The van der Waals surface area contributed by atoms with E-state index < -0.39 is 6.04 Å². The van der Waals surface area contributed by atoms with Gasteiger partial charge in [-0.15, -0.1) is 0 Å². The predicted molar refractivity (Wildman–Crippen MR) is 124 cm³/mol. The zero-order valence-corrected chi connectivity index (χ0v) is 19.2. The van der Waals surface area contributed by atoms with Crippen molar-refractivity contribution in [2.24, 2.45) is 0 Å². The highest BCUT2D eigenvalue weighted by atomic mass is 79.9. The van der Waals surface area contributed by atoms with Gasteiger partial charge in [-0.25, -0.2) is 0 Å². The molecule has 0 heterocycles. The first-order chi connectivity index (χ1) is 14.6. The molecule has 0 aliphatic heterocycles. The maximum absolute atomic E-state index is 13.4. The Labute approximate surface area is 188 Å². The van der Waals surface area contributed by atoms with Gasteiger partial charge in [0.15, 0.2) is 0 Å². The SMILES string of the molecule is CCCC(=O)N(Cc1ccc(Br)cc1)[C@@H](Cc1ccccc1)C(=O)NC1CCCC1. The van der Waals surface area contributed by atoms with E-state index in [9.17, 15) is 9.59 Å². The van der Waals surface area contributed by atoms with Gasteiger partial charge in [-0.05, 0) is 42.5 Å². The van der Waals surface area contributed by atoms with Gasteiger partial charge in [0, 0.05) is 29.9 Å². The molecule has 0 aromatic heterocycles. The average molecular weight is 471 g/mol. The molecule has 5 heteroatoms. The van der Waals surface area contributed by atoms with E-state index >= 15 is 0 Å². The van der Waals surface area contributed by atoms with Crippen molar-refractivity contribution in [2.45, 2.75) is 70.5 Å². The number of benzene rings is 2. The predicted octanol–water partition coefficient (Wildman–Crippen LogP) is 5.25. The van der Waals surface area contributed by atoms with E-state index in [-0.39, 0.29) is 17.9 Å². The van der Waals surface area contributed by atoms with E-state index in [1.54, 1.807) is 4.90 Å². The summed E-state index contributed by atoms with van der Waals surface area (Å²) in [6, 6.07) is 17.7. The number of halogens is 1. The molecular formula is C25H31BrN2O2. The Kier molecular flexibility index (Phi) is 8.50. The number of amides is 2. The second-order valence-electron chi connectivity index (χ2n) is 8.09. The van der Waals surface area contributed by atoms with Gasteiger partial charge in [0.1, 0.15) is 6.04 Å². The highest BCUT2D eigenvalue weighted by molar-refractivity contribution is 9.10. The lowest BCUT2D eigenvalue weighted by Crippen LogP contribution is -2.52. The Morgan fingerprint density at radius 3 is 2.33 bits per heavy atom. The lowest BCUT2D eigenvalue weighted by atomic mass is 10.0. The Morgan fingerprint density at radius 2 is 1.70 bits per heavy atom. The maximum atomic E-state index is 13.4. The van der Waals surface area contributed by atoms with Crippen LogP contribution in [-0.2, 0) is 22.6 Å². The van der Waals surface area contributed by atoms with E-state index in [4.69, 9.17) is 0 Å². The van der Waals surface area contributed by atoms with Crippen molar-refractivity contribution in [3.8, 4) is 0 Å². The monoisotopic (exact) mass is 470 g/mol. The summed E-state index contributed by atoms with van der Waals surface area (Å²) in [5.41, 5.74) is 2.09. The number of hydrogen-bond donors (Lipinski definition) is 1. The fraction of sp³-hybridized carbons (Fsp3) is 0.440. The largest absolute Gasteiger partial charge is 0.352 e. The molecule has 1 atom stereocenters. The molecule has 2 aromatic rings. The molecule has 1 aliphatic rings. The van der Waals surface area contributed by atoms with Crippen LogP contribution in [0.2, 0.25) is 0 Å². The smallest absolute Gasteiger partial charge is 0.243 e. The average Bonchev–Trinajstić information content (AvgIpc) is 3.26. The number of nitrogens with zero attached hydrogens (tertiary/aromatic N) is 1. The van der Waals surface area contributed by atoms with Crippen LogP contribution < -0.4 is 5.32 Å². The summed E-state index contributed by atoms with van der Waals surface area (Å²) in [7, 11) is 0. The third-order valence-corrected chi connectivity index (χ3v) is 6.23. The minimum atomic E-state index is -0.518. The van der Waals surface area contributed by atoms with Crippen LogP contribution in [0.15, 0.2) is 59.1 Å². The molecule has 0 bridgehead atoms. The van der Waals surface area contributed by atoms with Crippen molar-refractivity contribution in [1.82, 2.24) is 10.2 Å². The van der Waals surface area contributed by atoms with Crippen LogP contribution in [0.25, 0.3) is 0 Å². The summed E-state index contributed by atoms with van der Waals surface area (Å²) in [5.74, 6) is -0.00441. The molecule has 0 spiro atoms. The first kappa shape index (κ1) is 22.5. The highest BCUT2D eigenvalue weighted by Crippen LogP contribution is 2.21. The van der Waals surface area contributed by atoms with Gasteiger partial charge >= 0.3 is 0 Å². The van der Waals surface area contributed by atoms with Gasteiger partial charge in [0.2, 0.25) is 11.8 Å². The second-order valence-corrected chi connectivity index (χ2v) is 9.01. The summed E-state index contributed by atoms with van der Waals surface area (Å²) >= 11 is 3.47. The summed E-state index contributed by atoms with van der Waals surface area (Å²) in [6.07, 6.45) is 6.10. The molecule has 2 amide bonds. The molecule has 0 radical (unpaired) electrons. The van der Waals surface area contributed by atoms with Crippen LogP contribution >= 0.6 is 15.9 Å². The summed E-state index contributed by atoms with van der Waals surface area (Å²) in [6.45, 7) is 2.43. The molecule has 0 unspecified atom stereocenters. The molecule has 1 fully saturated rings. The second kappa shape index (κ2) is 11.3. The molecule has 4 nitrogen and oxygen atoms in total. The van der Waals surface area contributed by atoms with E-state index in [1.165, 1.54) is 0 Å². The topological polar surface area (TPSA) is 49.4 Å². The van der Waals surface area contributed by atoms with Crippen molar-refractivity contribution >= 4 is 27.7 Å². The lowest BCUT2D eigenvalue weighted by molar-refractivity contribution is -0.141. The fourth-order valence-corrected chi connectivity index (χ4v) is 4.33. The molecule has 30 heavy (non-hydrogen) atoms. The number of nitrogens with one attached hydrogen (secondary N) is 1. The molecule has 1 saturated carbocycles. The van der Waals surface area contributed by atoms with Crippen LogP contribution in [0.3, 0.4) is 0 Å². The Bertz CT molecular complexity index is 817. The molecular weight excluding hydrogens is 440 g/mol. The highest BCUT2D eigenvalue weighted by Gasteiger charge is 2.31. The van der Waals surface area contributed by atoms with Gasteiger partial charge in [-0.1, -0.05) is 78.2 Å². The number of carbonyl (C=O) groups is 2. The quantitative estimate of drug-likeness (QED) is 0.543. The first-order valence-corrected chi connectivity index (χ1v) is 11.7. The fourth-order valence-electron chi connectivity index (χ4n) is 4.07. The Balaban J connectivity index is 1.87. The zero-order valence-electron chi connectivity index (χ0n) is 17.6. The standard InChI is InChI=1S/C25H31BrN2O2/c1-2-8-24(29)28(18-20-13-15-21(26)16-14-20)23(17-19-9-4-3-5-10-19)25(30)27-22-11-6-7-12-22/h3-5,9-10,13-16,22-23H,2,6-8,11-12,17-18H2,1H3,(H,27,30)/t23-/m0/s1. The van der Waals surface area contributed by atoms with Crippen molar-refractivity contribution in [3.63, 3.8) is 0 Å². The molecule has 3 rings (SSSR count). The molecule has 2 aromatic carbocycles. The number of carbonyl (C=O) groups excluding carboxylic acids is 2. The zero-order chi connectivity index (χ0) is 21.3. The normalized spacial score (nSPS) is 15.0. The summed E-state index contributed by atoms with van der Waals surface area (Å²) in [4.78, 5) is 28.3. The third kappa shape index (κ3) is 6.43. The van der Waals surface area contributed by atoms with Gasteiger partial charge in [-0.2, -0.15) is 0 Å². The van der Waals surface area contributed by atoms with Gasteiger partial charge in [0.05, 0.1) is 0 Å². The van der Waals surface area contributed by atoms with Crippen molar-refractivity contribution in [3.05, 3.63) is 70.2 Å². The van der Waals surface area contributed by atoms with Gasteiger partial charge in [0.25, 0.3) is 0 Å². The Hall–Kier alpha value is -2.14.